The van der Waals surface area contributed by atoms with E-state index in [1.54, 1.807) is 12.3 Å². The number of hydrogen-bond donors (Lipinski definition) is 2. The van der Waals surface area contributed by atoms with E-state index >= 15 is 0 Å². The van der Waals surface area contributed by atoms with E-state index in [0.29, 0.717) is 12.2 Å². The minimum absolute atomic E-state index is 0.0692. The van der Waals surface area contributed by atoms with Crippen LogP contribution in [0.3, 0.4) is 0 Å². The summed E-state index contributed by atoms with van der Waals surface area (Å²) in [5.74, 6) is -0.891. The van der Waals surface area contributed by atoms with Gasteiger partial charge in [0.2, 0.25) is 0 Å². The maximum absolute atomic E-state index is 10.4. The Morgan fingerprint density at radius 1 is 1.69 bits per heavy atom. The third-order valence-corrected chi connectivity index (χ3v) is 2.26. The van der Waals surface area contributed by atoms with Crippen molar-refractivity contribution in [1.82, 2.24) is 4.98 Å². The molecule has 0 aromatic carbocycles. The van der Waals surface area contributed by atoms with Gasteiger partial charge in [-0.2, -0.15) is 0 Å². The van der Waals surface area contributed by atoms with E-state index in [9.17, 15) is 4.79 Å². The van der Waals surface area contributed by atoms with Crippen LogP contribution < -0.4 is 5.73 Å². The molecule has 0 bridgehead atoms. The second kappa shape index (κ2) is 4.34. The highest BCUT2D eigenvalue weighted by molar-refractivity contribution is 9.10. The first kappa shape index (κ1) is 10.1. The van der Waals surface area contributed by atoms with Crippen LogP contribution in [0.5, 0.6) is 0 Å². The van der Waals surface area contributed by atoms with Crippen molar-refractivity contribution in [3.8, 4) is 0 Å². The summed E-state index contributed by atoms with van der Waals surface area (Å²) in [4.78, 5) is 14.3. The fourth-order valence-corrected chi connectivity index (χ4v) is 1.32. The molecule has 4 nitrogen and oxygen atoms in total. The molecule has 70 valence electrons. The summed E-state index contributed by atoms with van der Waals surface area (Å²) in [5, 5.41) is 8.52. The zero-order chi connectivity index (χ0) is 9.84. The largest absolute Gasteiger partial charge is 0.481 e. The van der Waals surface area contributed by atoms with Crippen molar-refractivity contribution in [2.45, 2.75) is 13.0 Å². The third kappa shape index (κ3) is 2.78. The van der Waals surface area contributed by atoms with Gasteiger partial charge in [-0.15, -0.1) is 0 Å². The van der Waals surface area contributed by atoms with E-state index in [-0.39, 0.29) is 6.42 Å². The van der Waals surface area contributed by atoms with Crippen LogP contribution in [0.2, 0.25) is 0 Å². The molecule has 0 atom stereocenters. The Hall–Kier alpha value is -0.940. The lowest BCUT2D eigenvalue weighted by atomic mass is 10.2. The second-order valence-electron chi connectivity index (χ2n) is 2.54. The number of halogens is 1. The lowest BCUT2D eigenvalue weighted by Gasteiger charge is -2.02. The van der Waals surface area contributed by atoms with Crippen LogP contribution in [0.25, 0.3) is 0 Å². The van der Waals surface area contributed by atoms with Gasteiger partial charge in [-0.3, -0.25) is 9.78 Å². The number of pyridine rings is 1. The second-order valence-corrected chi connectivity index (χ2v) is 3.40. The van der Waals surface area contributed by atoms with Gasteiger partial charge in [0.1, 0.15) is 0 Å². The summed E-state index contributed by atoms with van der Waals surface area (Å²) >= 11 is 3.27. The summed E-state index contributed by atoms with van der Waals surface area (Å²) in [6.07, 6.45) is 1.50. The number of carbonyl (C=O) groups is 1. The van der Waals surface area contributed by atoms with Crippen molar-refractivity contribution < 1.29 is 9.90 Å². The Labute approximate surface area is 83.9 Å². The number of rotatable bonds is 3. The molecule has 0 saturated heterocycles. The van der Waals surface area contributed by atoms with E-state index in [1.165, 1.54) is 0 Å². The van der Waals surface area contributed by atoms with E-state index in [2.05, 4.69) is 20.9 Å². The standard InChI is InChI=1S/C8H9BrN2O2/c9-7-4-11-6(2-8(12)13)1-5(7)3-10/h1,4H,2-3,10H2,(H,12,13). The van der Waals surface area contributed by atoms with E-state index < -0.39 is 5.97 Å². The zero-order valence-corrected chi connectivity index (χ0v) is 8.41. The highest BCUT2D eigenvalue weighted by Crippen LogP contribution is 2.15. The lowest BCUT2D eigenvalue weighted by Crippen LogP contribution is -2.05. The molecule has 0 saturated carbocycles. The van der Waals surface area contributed by atoms with Crippen LogP contribution >= 0.6 is 15.9 Å². The Bertz CT molecular complexity index is 328. The number of carboxylic acid groups (broad SMARTS) is 1. The predicted octanol–water partition coefficient (Wildman–Crippen LogP) is 0.930. The summed E-state index contributed by atoms with van der Waals surface area (Å²) in [5.41, 5.74) is 6.84. The first-order chi connectivity index (χ1) is 6.13. The molecule has 13 heavy (non-hydrogen) atoms. The molecule has 0 aliphatic rings. The SMILES string of the molecule is NCc1cc(CC(=O)O)ncc1Br. The summed E-state index contributed by atoms with van der Waals surface area (Å²) in [6, 6.07) is 1.69. The maximum Gasteiger partial charge on any atom is 0.309 e. The summed E-state index contributed by atoms with van der Waals surface area (Å²) in [7, 11) is 0. The van der Waals surface area contributed by atoms with Gasteiger partial charge in [-0.05, 0) is 27.6 Å². The quantitative estimate of drug-likeness (QED) is 0.830. The van der Waals surface area contributed by atoms with Gasteiger partial charge in [-0.25, -0.2) is 0 Å². The monoisotopic (exact) mass is 244 g/mol. The molecule has 0 amide bonds. The number of nitrogens with zero attached hydrogens (tertiary/aromatic N) is 1. The Kier molecular flexibility index (Phi) is 3.39. The van der Waals surface area contributed by atoms with Crippen LogP contribution in [0.15, 0.2) is 16.7 Å². The molecule has 0 fully saturated rings. The molecule has 0 radical (unpaired) electrons. The van der Waals surface area contributed by atoms with E-state index in [4.69, 9.17) is 10.8 Å². The van der Waals surface area contributed by atoms with Gasteiger partial charge in [0, 0.05) is 17.2 Å². The smallest absolute Gasteiger partial charge is 0.309 e. The van der Waals surface area contributed by atoms with Crippen LogP contribution in [-0.4, -0.2) is 16.1 Å². The molecule has 1 aromatic rings. The van der Waals surface area contributed by atoms with Crippen molar-refractivity contribution in [2.24, 2.45) is 5.73 Å². The topological polar surface area (TPSA) is 76.2 Å². The zero-order valence-electron chi connectivity index (χ0n) is 6.83. The first-order valence-corrected chi connectivity index (χ1v) is 4.48. The van der Waals surface area contributed by atoms with Crippen molar-refractivity contribution in [2.75, 3.05) is 0 Å². The van der Waals surface area contributed by atoms with Crippen molar-refractivity contribution in [3.05, 3.63) is 28.0 Å². The van der Waals surface area contributed by atoms with Gasteiger partial charge in [0.05, 0.1) is 12.1 Å². The van der Waals surface area contributed by atoms with Crippen molar-refractivity contribution >= 4 is 21.9 Å². The first-order valence-electron chi connectivity index (χ1n) is 3.68. The summed E-state index contributed by atoms with van der Waals surface area (Å²) < 4.78 is 0.809. The Balaban J connectivity index is 2.92. The van der Waals surface area contributed by atoms with Crippen LogP contribution in [0.4, 0.5) is 0 Å². The molecular weight excluding hydrogens is 236 g/mol. The molecule has 0 aliphatic heterocycles. The van der Waals surface area contributed by atoms with Gasteiger partial charge < -0.3 is 10.8 Å². The minimum Gasteiger partial charge on any atom is -0.481 e. The van der Waals surface area contributed by atoms with Crippen LogP contribution in [0.1, 0.15) is 11.3 Å². The minimum atomic E-state index is -0.891. The van der Waals surface area contributed by atoms with Gasteiger partial charge >= 0.3 is 5.97 Å². The fourth-order valence-electron chi connectivity index (χ4n) is 0.938. The number of nitrogens with two attached hydrogens (primary N) is 1. The number of aliphatic carboxylic acids is 1. The number of carboxylic acids is 1. The highest BCUT2D eigenvalue weighted by Gasteiger charge is 2.04. The number of aromatic nitrogens is 1. The average Bonchev–Trinajstić information content (AvgIpc) is 2.07. The van der Waals surface area contributed by atoms with Crippen molar-refractivity contribution in [3.63, 3.8) is 0 Å². The van der Waals surface area contributed by atoms with Gasteiger partial charge in [0.15, 0.2) is 0 Å². The molecule has 1 aromatic heterocycles. The fraction of sp³-hybridized carbons (Fsp3) is 0.250. The number of hydrogen-bond acceptors (Lipinski definition) is 3. The van der Waals surface area contributed by atoms with Gasteiger partial charge in [-0.1, -0.05) is 0 Å². The molecule has 3 N–H and O–H groups in total. The molecule has 1 rings (SSSR count). The van der Waals surface area contributed by atoms with Gasteiger partial charge in [0.25, 0.3) is 0 Å². The van der Waals surface area contributed by atoms with E-state index in [1.807, 2.05) is 0 Å². The Morgan fingerprint density at radius 2 is 2.38 bits per heavy atom. The molecule has 1 heterocycles. The molecule has 0 spiro atoms. The van der Waals surface area contributed by atoms with Crippen molar-refractivity contribution in [1.29, 1.82) is 0 Å². The average molecular weight is 245 g/mol. The summed E-state index contributed by atoms with van der Waals surface area (Å²) in [6.45, 7) is 0.371. The van der Waals surface area contributed by atoms with Crippen LogP contribution in [-0.2, 0) is 17.8 Å². The molecular formula is C8H9BrN2O2. The highest BCUT2D eigenvalue weighted by atomic mass is 79.9. The predicted molar refractivity (Wildman–Crippen MR) is 51.2 cm³/mol. The van der Waals surface area contributed by atoms with Crippen LogP contribution in [0, 0.1) is 0 Å². The molecule has 5 heteroatoms. The molecule has 0 unspecified atom stereocenters. The van der Waals surface area contributed by atoms with E-state index in [0.717, 1.165) is 10.0 Å². The lowest BCUT2D eigenvalue weighted by molar-refractivity contribution is -0.136. The Morgan fingerprint density at radius 3 is 2.92 bits per heavy atom. The normalized spacial score (nSPS) is 10.0. The molecule has 0 aliphatic carbocycles. The third-order valence-electron chi connectivity index (χ3n) is 1.54. The maximum atomic E-state index is 10.4.